The third-order valence-corrected chi connectivity index (χ3v) is 2.37. The molecule has 1 atom stereocenters. The average molecular weight is 223 g/mol. The monoisotopic (exact) mass is 222 g/mol. The Balaban J connectivity index is 3.16. The number of halogens is 1. The molecule has 0 aromatic heterocycles. The smallest absolute Gasteiger partial charge is 0.100 e. The van der Waals surface area contributed by atoms with E-state index in [0.717, 1.165) is 10.0 Å². The number of nitrogens with zero attached hydrogens (tertiary/aromatic N) is 1. The summed E-state index contributed by atoms with van der Waals surface area (Å²) < 4.78 is 0.842. The molecule has 0 saturated carbocycles. The summed E-state index contributed by atoms with van der Waals surface area (Å²) in [5.74, 6) is 0.227. The van der Waals surface area contributed by atoms with Gasteiger partial charge in [0.25, 0.3) is 0 Å². The van der Waals surface area contributed by atoms with E-state index >= 15 is 0 Å². The molecule has 0 bridgehead atoms. The van der Waals surface area contributed by atoms with Crippen LogP contribution in [-0.4, -0.2) is 0 Å². The Hall–Kier alpha value is -0.810. The molecule has 1 aromatic carbocycles. The van der Waals surface area contributed by atoms with E-state index in [1.54, 1.807) is 0 Å². The van der Waals surface area contributed by atoms with Crippen LogP contribution in [0.3, 0.4) is 0 Å². The molecule has 1 radical (unpaired) electrons. The Bertz CT molecular complexity index is 323. The van der Waals surface area contributed by atoms with Crippen LogP contribution in [0.1, 0.15) is 24.0 Å². The van der Waals surface area contributed by atoms with Crippen molar-refractivity contribution in [1.82, 2.24) is 0 Å². The van der Waals surface area contributed by atoms with Crippen LogP contribution < -0.4 is 0 Å². The molecule has 0 aliphatic heterocycles. The van der Waals surface area contributed by atoms with Crippen LogP contribution in [0.5, 0.6) is 0 Å². The molecule has 0 amide bonds. The lowest BCUT2D eigenvalue weighted by atomic mass is 10.0. The Morgan fingerprint density at radius 1 is 1.58 bits per heavy atom. The summed E-state index contributed by atoms with van der Waals surface area (Å²) in [6.07, 6.45) is 0. The number of rotatable bonds is 1. The van der Waals surface area contributed by atoms with Crippen molar-refractivity contribution in [1.29, 1.82) is 5.26 Å². The van der Waals surface area contributed by atoms with Gasteiger partial charge >= 0.3 is 0 Å². The first kappa shape index (κ1) is 9.28. The van der Waals surface area contributed by atoms with Gasteiger partial charge in [0.2, 0.25) is 0 Å². The van der Waals surface area contributed by atoms with Crippen molar-refractivity contribution < 1.29 is 0 Å². The maximum absolute atomic E-state index is 8.72. The fraction of sp³-hybridized carbons (Fsp3) is 0.200. The van der Waals surface area contributed by atoms with Gasteiger partial charge in [-0.1, -0.05) is 13.0 Å². The average Bonchev–Trinajstić information content (AvgIpc) is 2.05. The van der Waals surface area contributed by atoms with Gasteiger partial charge in [-0.15, -0.1) is 0 Å². The number of benzene rings is 1. The second-order valence-corrected chi connectivity index (χ2v) is 3.61. The summed E-state index contributed by atoms with van der Waals surface area (Å²) >= 11 is 3.30. The van der Waals surface area contributed by atoms with Crippen molar-refractivity contribution in [3.05, 3.63) is 40.7 Å². The highest BCUT2D eigenvalue weighted by atomic mass is 79.9. The molecular weight excluding hydrogens is 214 g/mol. The topological polar surface area (TPSA) is 23.8 Å². The van der Waals surface area contributed by atoms with Crippen LogP contribution in [0.15, 0.2) is 22.7 Å². The van der Waals surface area contributed by atoms with Gasteiger partial charge in [-0.05, 0) is 46.5 Å². The predicted octanol–water partition coefficient (Wildman–Crippen LogP) is 3.26. The predicted molar refractivity (Wildman–Crippen MR) is 52.6 cm³/mol. The number of hydrogen-bond donors (Lipinski definition) is 0. The molecule has 0 aliphatic rings. The first-order valence-electron chi connectivity index (χ1n) is 3.67. The largest absolute Gasteiger partial charge is 0.192 e. The van der Waals surface area contributed by atoms with E-state index in [0.29, 0.717) is 5.56 Å². The second-order valence-electron chi connectivity index (χ2n) is 2.75. The molecule has 1 rings (SSSR count). The normalized spacial score (nSPS) is 9.92. The van der Waals surface area contributed by atoms with Gasteiger partial charge in [0.15, 0.2) is 0 Å². The van der Waals surface area contributed by atoms with Gasteiger partial charge < -0.3 is 0 Å². The van der Waals surface area contributed by atoms with Crippen molar-refractivity contribution in [3.63, 3.8) is 0 Å². The van der Waals surface area contributed by atoms with Gasteiger partial charge in [0.05, 0.1) is 5.56 Å². The van der Waals surface area contributed by atoms with Crippen LogP contribution in [0, 0.1) is 18.3 Å². The Morgan fingerprint density at radius 2 is 2.25 bits per heavy atom. The van der Waals surface area contributed by atoms with E-state index in [1.807, 2.05) is 25.1 Å². The summed E-state index contributed by atoms with van der Waals surface area (Å²) in [7, 11) is 0. The van der Waals surface area contributed by atoms with Gasteiger partial charge in [-0.2, -0.15) is 5.26 Å². The van der Waals surface area contributed by atoms with Gasteiger partial charge in [-0.25, -0.2) is 0 Å². The minimum absolute atomic E-state index is 0.227. The SMILES string of the molecule is [CH2]C(C)c1ccc(Br)c(C#N)c1. The third kappa shape index (κ3) is 1.86. The molecule has 0 heterocycles. The standard InChI is InChI=1S/C10H9BrN/c1-7(2)8-3-4-10(11)9(5-8)6-12/h3-5,7H,1H2,2H3. The Labute approximate surface area is 81.2 Å². The lowest BCUT2D eigenvalue weighted by Gasteiger charge is -2.05. The fourth-order valence-electron chi connectivity index (χ4n) is 0.935. The first-order valence-corrected chi connectivity index (χ1v) is 4.47. The molecule has 0 N–H and O–H groups in total. The molecule has 0 fully saturated rings. The van der Waals surface area contributed by atoms with Crippen molar-refractivity contribution in [2.24, 2.45) is 0 Å². The summed E-state index contributed by atoms with van der Waals surface area (Å²) in [6.45, 7) is 5.89. The molecule has 0 aliphatic carbocycles. The molecule has 12 heavy (non-hydrogen) atoms. The third-order valence-electron chi connectivity index (χ3n) is 1.68. The quantitative estimate of drug-likeness (QED) is 0.716. The van der Waals surface area contributed by atoms with Crippen LogP contribution in [0.2, 0.25) is 0 Å². The molecule has 0 saturated heterocycles. The lowest BCUT2D eigenvalue weighted by Crippen LogP contribution is -1.88. The van der Waals surface area contributed by atoms with Gasteiger partial charge in [-0.3, -0.25) is 0 Å². The lowest BCUT2D eigenvalue weighted by molar-refractivity contribution is 0.962. The summed E-state index contributed by atoms with van der Waals surface area (Å²) in [4.78, 5) is 0. The minimum Gasteiger partial charge on any atom is -0.192 e. The summed E-state index contributed by atoms with van der Waals surface area (Å²) in [6, 6.07) is 7.84. The zero-order valence-corrected chi connectivity index (χ0v) is 8.43. The van der Waals surface area contributed by atoms with Crippen LogP contribution in [0.25, 0.3) is 0 Å². The number of hydrogen-bond acceptors (Lipinski definition) is 1. The minimum atomic E-state index is 0.227. The Morgan fingerprint density at radius 3 is 2.75 bits per heavy atom. The molecule has 61 valence electrons. The highest BCUT2D eigenvalue weighted by Crippen LogP contribution is 2.21. The summed E-state index contributed by atoms with van der Waals surface area (Å²) in [5, 5.41) is 8.72. The van der Waals surface area contributed by atoms with Crippen molar-refractivity contribution >= 4 is 15.9 Å². The molecule has 1 unspecified atom stereocenters. The first-order chi connectivity index (χ1) is 5.65. The number of nitriles is 1. The highest BCUT2D eigenvalue weighted by Gasteiger charge is 2.03. The molecule has 0 spiro atoms. The summed E-state index contributed by atoms with van der Waals surface area (Å²) in [5.41, 5.74) is 1.76. The van der Waals surface area contributed by atoms with E-state index in [-0.39, 0.29) is 5.92 Å². The Kier molecular flexibility index (Phi) is 2.88. The van der Waals surface area contributed by atoms with Crippen LogP contribution in [0.4, 0.5) is 0 Å². The molecule has 1 aromatic rings. The second kappa shape index (κ2) is 3.73. The zero-order chi connectivity index (χ0) is 9.14. The van der Waals surface area contributed by atoms with E-state index in [2.05, 4.69) is 28.9 Å². The van der Waals surface area contributed by atoms with E-state index < -0.39 is 0 Å². The van der Waals surface area contributed by atoms with Crippen molar-refractivity contribution in [2.75, 3.05) is 0 Å². The van der Waals surface area contributed by atoms with E-state index in [1.165, 1.54) is 0 Å². The zero-order valence-electron chi connectivity index (χ0n) is 6.84. The van der Waals surface area contributed by atoms with E-state index in [4.69, 9.17) is 5.26 Å². The van der Waals surface area contributed by atoms with Crippen molar-refractivity contribution in [2.45, 2.75) is 12.8 Å². The van der Waals surface area contributed by atoms with Gasteiger partial charge in [0.1, 0.15) is 6.07 Å². The van der Waals surface area contributed by atoms with Crippen LogP contribution >= 0.6 is 15.9 Å². The maximum Gasteiger partial charge on any atom is 0.100 e. The molecule has 2 heteroatoms. The van der Waals surface area contributed by atoms with Crippen molar-refractivity contribution in [3.8, 4) is 6.07 Å². The van der Waals surface area contributed by atoms with E-state index in [9.17, 15) is 0 Å². The maximum atomic E-state index is 8.72. The molecular formula is C10H9BrN. The van der Waals surface area contributed by atoms with Gasteiger partial charge in [0, 0.05) is 4.47 Å². The highest BCUT2D eigenvalue weighted by molar-refractivity contribution is 9.10. The fourth-order valence-corrected chi connectivity index (χ4v) is 1.27. The molecule has 1 nitrogen and oxygen atoms in total. The van der Waals surface area contributed by atoms with Crippen LogP contribution in [-0.2, 0) is 0 Å².